The van der Waals surface area contributed by atoms with E-state index in [2.05, 4.69) is 138 Å². The largest absolute Gasteiger partial charge is 0.456 e. The molecule has 52 heavy (non-hydrogen) atoms. The molecular formula is C46H25N3O2S. The van der Waals surface area contributed by atoms with Gasteiger partial charge in [0, 0.05) is 48.0 Å². The lowest BCUT2D eigenvalue weighted by Gasteiger charge is -2.12. The van der Waals surface area contributed by atoms with Gasteiger partial charge >= 0.3 is 0 Å². The molecule has 5 aromatic heterocycles. The van der Waals surface area contributed by atoms with Gasteiger partial charge in [0.15, 0.2) is 0 Å². The number of rotatable bonds is 3. The Bertz CT molecular complexity index is 3370. The maximum atomic E-state index is 6.81. The highest BCUT2D eigenvalue weighted by Crippen LogP contribution is 2.45. The molecule has 0 saturated carbocycles. The summed E-state index contributed by atoms with van der Waals surface area (Å²) in [5.74, 6) is 0.640. The first-order valence-electron chi connectivity index (χ1n) is 17.3. The van der Waals surface area contributed by atoms with Gasteiger partial charge in [0.2, 0.25) is 5.95 Å². The number of fused-ring (bicyclic) bond motifs is 12. The maximum Gasteiger partial charge on any atom is 0.235 e. The molecule has 12 rings (SSSR count). The molecule has 5 nitrogen and oxygen atoms in total. The number of thiophene rings is 1. The Morgan fingerprint density at radius 2 is 1.10 bits per heavy atom. The smallest absolute Gasteiger partial charge is 0.235 e. The zero-order valence-corrected chi connectivity index (χ0v) is 28.3. The third-order valence-corrected chi connectivity index (χ3v) is 11.6. The summed E-state index contributed by atoms with van der Waals surface area (Å²) >= 11 is 1.73. The fraction of sp³-hybridized carbons (Fsp3) is 0. The van der Waals surface area contributed by atoms with Crippen LogP contribution in [-0.2, 0) is 0 Å². The standard InChI is InChI=1S/C46H25N3O2S/c1-2-12-26(13-3-1)32-22-27(23-40-42(32)34-25-38-33(24-39(34)51-40)30-16-6-10-20-37(30)50-38)43-45-44(31-17-7-11-21-41(31)52-45)48-46(47-43)49-35-18-8-4-14-28(35)29-15-5-9-19-36(29)49/h1-25H. The van der Waals surface area contributed by atoms with Crippen molar-refractivity contribution in [3.8, 4) is 28.3 Å². The molecule has 0 N–H and O–H groups in total. The lowest BCUT2D eigenvalue weighted by Crippen LogP contribution is -2.02. The highest BCUT2D eigenvalue weighted by atomic mass is 32.1. The molecule has 0 atom stereocenters. The van der Waals surface area contributed by atoms with Gasteiger partial charge < -0.3 is 8.83 Å². The second kappa shape index (κ2) is 10.4. The van der Waals surface area contributed by atoms with Gasteiger partial charge in [0.1, 0.15) is 22.3 Å². The van der Waals surface area contributed by atoms with Crippen LogP contribution in [0.25, 0.3) is 114 Å². The maximum absolute atomic E-state index is 6.81. The van der Waals surface area contributed by atoms with Gasteiger partial charge in [-0.15, -0.1) is 11.3 Å². The van der Waals surface area contributed by atoms with E-state index in [1.807, 2.05) is 18.2 Å². The van der Waals surface area contributed by atoms with Crippen LogP contribution in [0.1, 0.15) is 0 Å². The molecule has 12 aromatic rings. The first-order chi connectivity index (χ1) is 25.8. The van der Waals surface area contributed by atoms with Crippen LogP contribution in [0.2, 0.25) is 0 Å². The molecule has 0 spiro atoms. The SMILES string of the molecule is c1ccc(-c2cc(-c3nc(-n4c5ccccc5c5ccccc54)nc4c3sc3ccccc34)cc3oc4cc5c(cc4c23)oc2ccccc25)cc1. The minimum Gasteiger partial charge on any atom is -0.456 e. The number of furan rings is 2. The third-order valence-electron chi connectivity index (χ3n) is 10.4. The van der Waals surface area contributed by atoms with Crippen LogP contribution < -0.4 is 0 Å². The number of aromatic nitrogens is 3. The molecule has 0 unspecified atom stereocenters. The van der Waals surface area contributed by atoms with E-state index in [9.17, 15) is 0 Å². The molecule has 0 bridgehead atoms. The van der Waals surface area contributed by atoms with Crippen LogP contribution >= 0.6 is 11.3 Å². The predicted octanol–water partition coefficient (Wildman–Crippen LogP) is 13.1. The molecule has 6 heteroatoms. The molecule has 5 heterocycles. The minimum absolute atomic E-state index is 0.640. The summed E-state index contributed by atoms with van der Waals surface area (Å²) in [5, 5.41) is 7.66. The second-order valence-corrected chi connectivity index (χ2v) is 14.4. The molecule has 0 saturated heterocycles. The molecule has 7 aromatic carbocycles. The van der Waals surface area contributed by atoms with Crippen LogP contribution in [0.4, 0.5) is 0 Å². The van der Waals surface area contributed by atoms with E-state index in [-0.39, 0.29) is 0 Å². The van der Waals surface area contributed by atoms with Crippen molar-refractivity contribution in [2.24, 2.45) is 0 Å². The predicted molar refractivity (Wildman–Crippen MR) is 215 cm³/mol. The van der Waals surface area contributed by atoms with Crippen LogP contribution in [0.15, 0.2) is 160 Å². The third kappa shape index (κ3) is 3.87. The minimum atomic E-state index is 0.640. The van der Waals surface area contributed by atoms with Gasteiger partial charge in [-0.3, -0.25) is 4.57 Å². The van der Waals surface area contributed by atoms with E-state index in [0.717, 1.165) is 92.9 Å². The molecule has 0 amide bonds. The average Bonchev–Trinajstić information content (AvgIpc) is 3.95. The summed E-state index contributed by atoms with van der Waals surface area (Å²) in [6.45, 7) is 0. The van der Waals surface area contributed by atoms with E-state index < -0.39 is 0 Å². The van der Waals surface area contributed by atoms with Crippen molar-refractivity contribution in [2.75, 3.05) is 0 Å². The molecule has 242 valence electrons. The van der Waals surface area contributed by atoms with Gasteiger partial charge in [-0.05, 0) is 59.7 Å². The molecule has 0 aliphatic heterocycles. The van der Waals surface area contributed by atoms with Gasteiger partial charge in [-0.25, -0.2) is 9.97 Å². The van der Waals surface area contributed by atoms with Crippen molar-refractivity contribution in [1.29, 1.82) is 0 Å². The highest BCUT2D eigenvalue weighted by Gasteiger charge is 2.23. The number of benzene rings is 7. The number of nitrogens with zero attached hydrogens (tertiary/aromatic N) is 3. The summed E-state index contributed by atoms with van der Waals surface area (Å²) in [4.78, 5) is 10.8. The average molecular weight is 684 g/mol. The Kier molecular flexibility index (Phi) is 5.59. The van der Waals surface area contributed by atoms with E-state index >= 15 is 0 Å². The Morgan fingerprint density at radius 1 is 0.462 bits per heavy atom. The van der Waals surface area contributed by atoms with Gasteiger partial charge in [0.25, 0.3) is 0 Å². The second-order valence-electron chi connectivity index (χ2n) is 13.3. The summed E-state index contributed by atoms with van der Waals surface area (Å²) in [7, 11) is 0. The summed E-state index contributed by atoms with van der Waals surface area (Å²) in [6.07, 6.45) is 0. The molecular weight excluding hydrogens is 659 g/mol. The van der Waals surface area contributed by atoms with Crippen molar-refractivity contribution < 1.29 is 8.83 Å². The first kappa shape index (κ1) is 28.0. The Morgan fingerprint density at radius 3 is 1.90 bits per heavy atom. The van der Waals surface area contributed by atoms with Crippen LogP contribution in [0.3, 0.4) is 0 Å². The van der Waals surface area contributed by atoms with E-state index in [1.54, 1.807) is 11.3 Å². The van der Waals surface area contributed by atoms with Gasteiger partial charge in [0.05, 0.1) is 26.9 Å². The lowest BCUT2D eigenvalue weighted by molar-refractivity contribution is 0.664. The molecule has 0 aliphatic carbocycles. The monoisotopic (exact) mass is 683 g/mol. The van der Waals surface area contributed by atoms with Gasteiger partial charge in [-0.1, -0.05) is 103 Å². The Hall–Kier alpha value is -6.76. The van der Waals surface area contributed by atoms with Crippen LogP contribution in [0, 0.1) is 0 Å². The lowest BCUT2D eigenvalue weighted by atomic mass is 9.95. The fourth-order valence-electron chi connectivity index (χ4n) is 8.12. The first-order valence-corrected chi connectivity index (χ1v) is 18.1. The molecule has 0 aliphatic rings. The van der Waals surface area contributed by atoms with Crippen molar-refractivity contribution in [1.82, 2.24) is 14.5 Å². The highest BCUT2D eigenvalue weighted by molar-refractivity contribution is 7.26. The van der Waals surface area contributed by atoms with E-state index in [0.29, 0.717) is 5.95 Å². The molecule has 0 fully saturated rings. The van der Waals surface area contributed by atoms with Crippen molar-refractivity contribution >= 4 is 97.3 Å². The fourth-order valence-corrected chi connectivity index (χ4v) is 9.27. The normalized spacial score (nSPS) is 12.2. The Balaban J connectivity index is 1.20. The number of hydrogen-bond donors (Lipinski definition) is 0. The summed E-state index contributed by atoms with van der Waals surface area (Å²) < 4.78 is 17.6. The van der Waals surface area contributed by atoms with Crippen LogP contribution in [0.5, 0.6) is 0 Å². The summed E-state index contributed by atoms with van der Waals surface area (Å²) in [6, 6.07) is 52.9. The topological polar surface area (TPSA) is 57.0 Å². The van der Waals surface area contributed by atoms with Gasteiger partial charge in [-0.2, -0.15) is 0 Å². The number of para-hydroxylation sites is 3. The molecule has 0 radical (unpaired) electrons. The van der Waals surface area contributed by atoms with Crippen molar-refractivity contribution in [3.63, 3.8) is 0 Å². The number of hydrogen-bond acceptors (Lipinski definition) is 5. The zero-order valence-electron chi connectivity index (χ0n) is 27.5. The quantitative estimate of drug-likeness (QED) is 0.186. The zero-order chi connectivity index (χ0) is 33.9. The van der Waals surface area contributed by atoms with Crippen molar-refractivity contribution in [3.05, 3.63) is 152 Å². The summed E-state index contributed by atoms with van der Waals surface area (Å²) in [5.41, 5.74) is 10.5. The van der Waals surface area contributed by atoms with Crippen molar-refractivity contribution in [2.45, 2.75) is 0 Å². The van der Waals surface area contributed by atoms with E-state index in [1.165, 1.54) is 15.5 Å². The van der Waals surface area contributed by atoms with Crippen LogP contribution in [-0.4, -0.2) is 14.5 Å². The van der Waals surface area contributed by atoms with E-state index in [4.69, 9.17) is 18.8 Å². The Labute approximate surface area is 299 Å².